The number of nitrogens with zero attached hydrogens (tertiary/aromatic N) is 2. The largest absolute Gasteiger partial charge is 0.451 e. The molecule has 2 aliphatic rings. The van der Waals surface area contributed by atoms with Crippen LogP contribution >= 0.6 is 0 Å². The van der Waals surface area contributed by atoms with Crippen molar-refractivity contribution in [3.63, 3.8) is 0 Å². The number of carbonyl (C=O) groups excluding carboxylic acids is 1. The summed E-state index contributed by atoms with van der Waals surface area (Å²) in [6.45, 7) is 0. The fourth-order valence-corrected chi connectivity index (χ4v) is 4.29. The van der Waals surface area contributed by atoms with Crippen LogP contribution in [0.1, 0.15) is 46.6 Å². The maximum absolute atomic E-state index is 13.4. The molecule has 1 fully saturated rings. The van der Waals surface area contributed by atoms with Crippen molar-refractivity contribution in [3.8, 4) is 11.3 Å². The number of alkyl halides is 3. The van der Waals surface area contributed by atoms with Gasteiger partial charge >= 0.3 is 6.18 Å². The molecule has 2 aromatic heterocycles. The van der Waals surface area contributed by atoms with E-state index in [1.54, 1.807) is 6.20 Å². The Morgan fingerprint density at radius 2 is 1.90 bits per heavy atom. The van der Waals surface area contributed by atoms with Crippen molar-refractivity contribution in [3.05, 3.63) is 65.2 Å². The molecule has 3 aromatic rings. The molecule has 1 aromatic carbocycles. The normalized spacial score (nSPS) is 18.8. The average Bonchev–Trinajstić information content (AvgIpc) is 3.25. The average molecular weight is 415 g/mol. The summed E-state index contributed by atoms with van der Waals surface area (Å²) in [7, 11) is 0. The lowest BCUT2D eigenvalue weighted by molar-refractivity contribution is -0.137. The highest BCUT2D eigenvalue weighted by atomic mass is 19.4. The second kappa shape index (κ2) is 7.04. The number of aryl methyl sites for hydroxylation is 1. The third kappa shape index (κ3) is 3.40. The van der Waals surface area contributed by atoms with Gasteiger partial charge < -0.3 is 9.32 Å². The summed E-state index contributed by atoms with van der Waals surface area (Å²) < 4.78 is 45.7. The number of furan rings is 1. The van der Waals surface area contributed by atoms with Crippen LogP contribution in [0.2, 0.25) is 0 Å². The van der Waals surface area contributed by atoms with Gasteiger partial charge in [0.1, 0.15) is 5.76 Å². The van der Waals surface area contributed by atoms with E-state index in [-0.39, 0.29) is 35.1 Å². The standard InChI is InChI=1S/C22H20F3N3O2/c23-22(24,25)17-4-2-1-3-16(17)19-9-10-20(30-19)21(29)28(14-5-6-14)15-7-8-18-13(11-15)12-26-27-18/h1-4,9-10,12,14-15H,5-8,11H2,(H,26,27). The Morgan fingerprint density at radius 1 is 1.10 bits per heavy atom. The highest BCUT2D eigenvalue weighted by Crippen LogP contribution is 2.39. The molecule has 0 aliphatic heterocycles. The molecule has 0 bridgehead atoms. The molecule has 156 valence electrons. The minimum absolute atomic E-state index is 0.0334. The van der Waals surface area contributed by atoms with E-state index in [0.29, 0.717) is 0 Å². The van der Waals surface area contributed by atoms with Crippen LogP contribution in [0.15, 0.2) is 47.0 Å². The Morgan fingerprint density at radius 3 is 2.67 bits per heavy atom. The Hall–Kier alpha value is -3.03. The molecule has 1 unspecified atom stereocenters. The summed E-state index contributed by atoms with van der Waals surface area (Å²) in [6, 6.07) is 8.35. The van der Waals surface area contributed by atoms with Crippen LogP contribution in [-0.4, -0.2) is 33.1 Å². The second-order valence-corrected chi connectivity index (χ2v) is 7.92. The van der Waals surface area contributed by atoms with Crippen molar-refractivity contribution in [2.75, 3.05) is 0 Å². The van der Waals surface area contributed by atoms with Crippen molar-refractivity contribution in [2.45, 2.75) is 50.4 Å². The van der Waals surface area contributed by atoms with Gasteiger partial charge in [-0.25, -0.2) is 0 Å². The van der Waals surface area contributed by atoms with Crippen LogP contribution in [-0.2, 0) is 19.0 Å². The zero-order chi connectivity index (χ0) is 20.9. The van der Waals surface area contributed by atoms with Crippen molar-refractivity contribution < 1.29 is 22.4 Å². The number of fused-ring (bicyclic) bond motifs is 1. The number of benzene rings is 1. The number of rotatable bonds is 4. The minimum atomic E-state index is -4.50. The maximum atomic E-state index is 13.4. The van der Waals surface area contributed by atoms with Gasteiger partial charge in [-0.1, -0.05) is 18.2 Å². The molecular weight excluding hydrogens is 395 g/mol. The fraction of sp³-hybridized carbons (Fsp3) is 0.364. The molecule has 1 saturated carbocycles. The van der Waals surface area contributed by atoms with Crippen LogP contribution in [0.5, 0.6) is 0 Å². The summed E-state index contributed by atoms with van der Waals surface area (Å²) in [5.74, 6) is -0.139. The number of carbonyl (C=O) groups is 1. The molecule has 5 rings (SSSR count). The van der Waals surface area contributed by atoms with E-state index < -0.39 is 11.7 Å². The van der Waals surface area contributed by atoms with Gasteiger partial charge in [-0.3, -0.25) is 9.89 Å². The summed E-state index contributed by atoms with van der Waals surface area (Å²) in [5, 5.41) is 7.09. The van der Waals surface area contributed by atoms with Crippen molar-refractivity contribution in [1.29, 1.82) is 0 Å². The van der Waals surface area contributed by atoms with Crippen molar-refractivity contribution >= 4 is 5.91 Å². The van der Waals surface area contributed by atoms with E-state index in [1.165, 1.54) is 30.3 Å². The predicted molar refractivity (Wildman–Crippen MR) is 103 cm³/mol. The fourth-order valence-electron chi connectivity index (χ4n) is 4.29. The highest BCUT2D eigenvalue weighted by Gasteiger charge is 2.40. The van der Waals surface area contributed by atoms with E-state index in [9.17, 15) is 18.0 Å². The van der Waals surface area contributed by atoms with E-state index in [1.807, 2.05) is 4.90 Å². The monoisotopic (exact) mass is 415 g/mol. The molecular formula is C22H20F3N3O2. The van der Waals surface area contributed by atoms with E-state index >= 15 is 0 Å². The number of halogens is 3. The molecule has 8 heteroatoms. The van der Waals surface area contributed by atoms with E-state index in [4.69, 9.17) is 4.42 Å². The Labute approximate surface area is 170 Å². The zero-order valence-electron chi connectivity index (χ0n) is 16.1. The topological polar surface area (TPSA) is 62.1 Å². The van der Waals surface area contributed by atoms with Gasteiger partial charge in [0.05, 0.1) is 11.8 Å². The Kier molecular flexibility index (Phi) is 4.45. The molecule has 1 amide bonds. The first-order valence-electron chi connectivity index (χ1n) is 10.0. The number of amides is 1. The first-order valence-corrected chi connectivity index (χ1v) is 10.0. The molecule has 2 aliphatic carbocycles. The number of hydrogen-bond donors (Lipinski definition) is 1. The summed E-state index contributed by atoms with van der Waals surface area (Å²) in [4.78, 5) is 15.2. The van der Waals surface area contributed by atoms with Gasteiger partial charge in [0, 0.05) is 23.3 Å². The van der Waals surface area contributed by atoms with Crippen LogP contribution < -0.4 is 0 Å². The third-order valence-electron chi connectivity index (χ3n) is 5.87. The lowest BCUT2D eigenvalue weighted by atomic mass is 9.92. The van der Waals surface area contributed by atoms with Crippen LogP contribution in [0.3, 0.4) is 0 Å². The Balaban J connectivity index is 1.43. The molecule has 0 radical (unpaired) electrons. The second-order valence-electron chi connectivity index (χ2n) is 7.92. The molecule has 1 atom stereocenters. The molecule has 5 nitrogen and oxygen atoms in total. The highest BCUT2D eigenvalue weighted by molar-refractivity contribution is 5.93. The van der Waals surface area contributed by atoms with Crippen molar-refractivity contribution in [1.82, 2.24) is 15.1 Å². The Bertz CT molecular complexity index is 1080. The lowest BCUT2D eigenvalue weighted by Gasteiger charge is -2.33. The molecule has 30 heavy (non-hydrogen) atoms. The SMILES string of the molecule is O=C(c1ccc(-c2ccccc2C(F)(F)F)o1)N(C1CC1)C1CCc2[nH]ncc2C1. The molecule has 1 N–H and O–H groups in total. The van der Waals surface area contributed by atoms with Gasteiger partial charge in [-0.15, -0.1) is 0 Å². The number of nitrogens with one attached hydrogen (secondary N) is 1. The van der Waals surface area contributed by atoms with Gasteiger partial charge in [0.15, 0.2) is 5.76 Å². The van der Waals surface area contributed by atoms with Gasteiger partial charge in [0.2, 0.25) is 0 Å². The first-order chi connectivity index (χ1) is 14.4. The van der Waals surface area contributed by atoms with Gasteiger partial charge in [-0.05, 0) is 55.9 Å². The smallest absolute Gasteiger partial charge is 0.417 e. The van der Waals surface area contributed by atoms with E-state index in [0.717, 1.165) is 49.4 Å². The van der Waals surface area contributed by atoms with Crippen LogP contribution in [0.25, 0.3) is 11.3 Å². The van der Waals surface area contributed by atoms with Crippen LogP contribution in [0.4, 0.5) is 13.2 Å². The number of aromatic amines is 1. The van der Waals surface area contributed by atoms with Crippen LogP contribution in [0, 0.1) is 0 Å². The zero-order valence-corrected chi connectivity index (χ0v) is 16.1. The number of aromatic nitrogens is 2. The van der Waals surface area contributed by atoms with Gasteiger partial charge in [-0.2, -0.15) is 18.3 Å². The van der Waals surface area contributed by atoms with Crippen molar-refractivity contribution in [2.24, 2.45) is 0 Å². The minimum Gasteiger partial charge on any atom is -0.451 e. The molecule has 0 saturated heterocycles. The predicted octanol–water partition coefficient (Wildman–Crippen LogP) is 4.85. The first kappa shape index (κ1) is 19.0. The number of hydrogen-bond acceptors (Lipinski definition) is 3. The third-order valence-corrected chi connectivity index (χ3v) is 5.87. The summed E-state index contributed by atoms with van der Waals surface area (Å²) >= 11 is 0. The van der Waals surface area contributed by atoms with Gasteiger partial charge in [0.25, 0.3) is 5.91 Å². The summed E-state index contributed by atoms with van der Waals surface area (Å²) in [6.07, 6.45) is 1.53. The number of H-pyrrole nitrogens is 1. The quantitative estimate of drug-likeness (QED) is 0.663. The van der Waals surface area contributed by atoms with E-state index in [2.05, 4.69) is 10.2 Å². The summed E-state index contributed by atoms with van der Waals surface area (Å²) in [5.41, 5.74) is 1.38. The molecule has 2 heterocycles. The maximum Gasteiger partial charge on any atom is 0.417 e. The lowest BCUT2D eigenvalue weighted by Crippen LogP contribution is -2.44. The molecule has 0 spiro atoms.